The van der Waals surface area contributed by atoms with Gasteiger partial charge in [-0.1, -0.05) is 11.6 Å². The number of pyridine rings is 2. The molecule has 0 saturated carbocycles. The number of hydrogen-bond acceptors (Lipinski definition) is 7. The van der Waals surface area contributed by atoms with Gasteiger partial charge in [0.25, 0.3) is 11.5 Å². The van der Waals surface area contributed by atoms with Crippen LogP contribution >= 0.6 is 11.6 Å². The highest BCUT2D eigenvalue weighted by Gasteiger charge is 2.21. The van der Waals surface area contributed by atoms with Gasteiger partial charge in [0.2, 0.25) is 0 Å². The zero-order chi connectivity index (χ0) is 22.8. The van der Waals surface area contributed by atoms with Crippen molar-refractivity contribution in [3.63, 3.8) is 0 Å². The largest absolute Gasteiger partial charge is 0.366 e. The Hall–Kier alpha value is -3.24. The molecule has 1 amide bonds. The average molecular weight is 458 g/mol. The summed E-state index contributed by atoms with van der Waals surface area (Å²) in [5, 5.41) is 2.84. The third-order valence-corrected chi connectivity index (χ3v) is 5.88. The van der Waals surface area contributed by atoms with Crippen LogP contribution in [0.4, 0.5) is 5.69 Å². The van der Waals surface area contributed by atoms with Gasteiger partial charge in [-0.3, -0.25) is 19.1 Å². The van der Waals surface area contributed by atoms with Gasteiger partial charge in [-0.15, -0.1) is 0 Å². The van der Waals surface area contributed by atoms with Crippen LogP contribution in [0, 0.1) is 0 Å². The predicted molar refractivity (Wildman–Crippen MR) is 122 cm³/mol. The summed E-state index contributed by atoms with van der Waals surface area (Å²) in [5.41, 5.74) is 1.93. The molecule has 0 aromatic carbocycles. The van der Waals surface area contributed by atoms with E-state index in [4.69, 9.17) is 11.6 Å². The van der Waals surface area contributed by atoms with Gasteiger partial charge in [-0.25, -0.2) is 14.8 Å². The molecule has 4 rings (SSSR count). The minimum atomic E-state index is -0.425. The summed E-state index contributed by atoms with van der Waals surface area (Å²) >= 11 is 6.32. The third kappa shape index (κ3) is 4.23. The molecule has 0 aliphatic carbocycles. The van der Waals surface area contributed by atoms with Crippen LogP contribution in [-0.4, -0.2) is 63.6 Å². The van der Waals surface area contributed by atoms with Gasteiger partial charge in [-0.05, 0) is 30.7 Å². The van der Waals surface area contributed by atoms with E-state index in [1.54, 1.807) is 26.2 Å². The molecular formula is C21H24ClN7O3. The first kappa shape index (κ1) is 22.0. The van der Waals surface area contributed by atoms with E-state index in [-0.39, 0.29) is 22.7 Å². The molecule has 10 nitrogen and oxygen atoms in total. The number of hydrogen-bond donors (Lipinski definition) is 2. The zero-order valence-corrected chi connectivity index (χ0v) is 18.6. The van der Waals surface area contributed by atoms with Gasteiger partial charge in [0, 0.05) is 52.5 Å². The van der Waals surface area contributed by atoms with Crippen molar-refractivity contribution in [3.05, 3.63) is 61.6 Å². The van der Waals surface area contributed by atoms with Gasteiger partial charge in [-0.2, -0.15) is 0 Å². The molecule has 32 heavy (non-hydrogen) atoms. The Morgan fingerprint density at radius 1 is 1.22 bits per heavy atom. The molecule has 0 radical (unpaired) electrons. The number of carbonyl (C=O) groups excluding carboxylic acids is 1. The molecule has 3 aromatic rings. The number of carbonyl (C=O) groups is 1. The summed E-state index contributed by atoms with van der Waals surface area (Å²) < 4.78 is 1.13. The van der Waals surface area contributed by atoms with Crippen molar-refractivity contribution in [2.75, 3.05) is 38.1 Å². The van der Waals surface area contributed by atoms with E-state index in [0.717, 1.165) is 42.0 Å². The van der Waals surface area contributed by atoms with Gasteiger partial charge in [0.15, 0.2) is 10.7 Å². The number of aromatic nitrogens is 4. The summed E-state index contributed by atoms with van der Waals surface area (Å²) in [4.78, 5) is 51.8. The van der Waals surface area contributed by atoms with Crippen LogP contribution in [0.25, 0.3) is 11.0 Å². The average Bonchev–Trinajstić information content (AvgIpc) is 2.79. The Morgan fingerprint density at radius 2 is 1.97 bits per heavy atom. The van der Waals surface area contributed by atoms with Gasteiger partial charge in [0.1, 0.15) is 5.69 Å². The monoisotopic (exact) mass is 457 g/mol. The first-order valence-corrected chi connectivity index (χ1v) is 10.8. The Labute approximate surface area is 188 Å². The van der Waals surface area contributed by atoms with Crippen LogP contribution in [0.3, 0.4) is 0 Å². The van der Waals surface area contributed by atoms with E-state index in [2.05, 4.69) is 30.1 Å². The number of halogens is 1. The number of amides is 1. The van der Waals surface area contributed by atoms with Crippen LogP contribution in [0.5, 0.6) is 0 Å². The van der Waals surface area contributed by atoms with E-state index in [0.29, 0.717) is 23.8 Å². The van der Waals surface area contributed by atoms with E-state index in [1.807, 2.05) is 12.1 Å². The van der Waals surface area contributed by atoms with Crippen molar-refractivity contribution in [3.8, 4) is 0 Å². The fourth-order valence-corrected chi connectivity index (χ4v) is 4.15. The molecule has 1 aliphatic rings. The number of rotatable bonds is 5. The van der Waals surface area contributed by atoms with Crippen molar-refractivity contribution < 1.29 is 4.79 Å². The summed E-state index contributed by atoms with van der Waals surface area (Å²) in [6.45, 7) is 5.78. The van der Waals surface area contributed by atoms with Gasteiger partial charge in [0.05, 0.1) is 11.2 Å². The molecule has 3 aromatic heterocycles. The quantitative estimate of drug-likeness (QED) is 0.545. The molecule has 1 fully saturated rings. The minimum Gasteiger partial charge on any atom is -0.366 e. The maximum atomic E-state index is 12.4. The summed E-state index contributed by atoms with van der Waals surface area (Å²) in [5.74, 6) is -0.276. The Balaban J connectivity index is 1.44. The lowest BCUT2D eigenvalue weighted by Gasteiger charge is -2.36. The second-order valence-electron chi connectivity index (χ2n) is 7.57. The minimum absolute atomic E-state index is 0.266. The van der Waals surface area contributed by atoms with Crippen molar-refractivity contribution in [1.29, 1.82) is 0 Å². The van der Waals surface area contributed by atoms with E-state index < -0.39 is 5.69 Å². The van der Waals surface area contributed by atoms with Crippen molar-refractivity contribution in [2.45, 2.75) is 20.0 Å². The van der Waals surface area contributed by atoms with Crippen molar-refractivity contribution in [2.24, 2.45) is 0 Å². The summed E-state index contributed by atoms with van der Waals surface area (Å²) in [7, 11) is 1.55. The SMILES string of the molecule is CCn1c(=O)[nH]c2cc(CN3CCN(c4ccc(C(=O)NC)nc4Cl)CC3)cnc2c1=O. The zero-order valence-electron chi connectivity index (χ0n) is 17.9. The van der Waals surface area contributed by atoms with Crippen LogP contribution < -0.4 is 21.5 Å². The lowest BCUT2D eigenvalue weighted by molar-refractivity contribution is 0.0958. The molecule has 4 heterocycles. The number of H-pyrrole nitrogens is 1. The lowest BCUT2D eigenvalue weighted by Crippen LogP contribution is -2.46. The summed E-state index contributed by atoms with van der Waals surface area (Å²) in [6, 6.07) is 5.30. The van der Waals surface area contributed by atoms with Gasteiger partial charge < -0.3 is 15.2 Å². The van der Waals surface area contributed by atoms with Crippen LogP contribution in [0.1, 0.15) is 23.0 Å². The smallest absolute Gasteiger partial charge is 0.328 e. The Morgan fingerprint density at radius 3 is 2.62 bits per heavy atom. The highest BCUT2D eigenvalue weighted by atomic mass is 35.5. The first-order chi connectivity index (χ1) is 15.4. The van der Waals surface area contributed by atoms with E-state index in [9.17, 15) is 14.4 Å². The highest BCUT2D eigenvalue weighted by Crippen LogP contribution is 2.25. The summed E-state index contributed by atoms with van der Waals surface area (Å²) in [6.07, 6.45) is 1.69. The standard InChI is InChI=1S/C21H24ClN7O3/c1-3-29-20(31)17-15(26-21(29)32)10-13(11-24-17)12-27-6-8-28(9-7-27)16-5-4-14(19(30)23-2)25-18(16)22/h4-5,10-11H,3,6-9,12H2,1-2H3,(H,23,30)(H,26,32). The van der Waals surface area contributed by atoms with Crippen molar-refractivity contribution in [1.82, 2.24) is 29.7 Å². The number of nitrogens with one attached hydrogen (secondary N) is 2. The van der Waals surface area contributed by atoms with E-state index in [1.165, 1.54) is 0 Å². The molecule has 0 atom stereocenters. The molecular weight excluding hydrogens is 434 g/mol. The molecule has 0 bridgehead atoms. The number of anilines is 1. The molecule has 0 unspecified atom stereocenters. The third-order valence-electron chi connectivity index (χ3n) is 5.60. The second kappa shape index (κ2) is 9.09. The molecule has 1 saturated heterocycles. The second-order valence-corrected chi connectivity index (χ2v) is 7.93. The maximum absolute atomic E-state index is 12.4. The Bertz CT molecular complexity index is 1280. The number of piperazine rings is 1. The molecule has 1 aliphatic heterocycles. The molecule has 11 heteroatoms. The number of nitrogens with zero attached hydrogens (tertiary/aromatic N) is 5. The maximum Gasteiger partial charge on any atom is 0.328 e. The van der Waals surface area contributed by atoms with Crippen LogP contribution in [0.15, 0.2) is 34.0 Å². The van der Waals surface area contributed by atoms with Crippen molar-refractivity contribution >= 4 is 34.2 Å². The topological polar surface area (TPSA) is 116 Å². The van der Waals surface area contributed by atoms with Gasteiger partial charge >= 0.3 is 5.69 Å². The van der Waals surface area contributed by atoms with E-state index >= 15 is 0 Å². The first-order valence-electron chi connectivity index (χ1n) is 10.4. The van der Waals surface area contributed by atoms with Crippen LogP contribution in [0.2, 0.25) is 5.15 Å². The molecule has 2 N–H and O–H groups in total. The van der Waals surface area contributed by atoms with Crippen LogP contribution in [-0.2, 0) is 13.1 Å². The number of fused-ring (bicyclic) bond motifs is 1. The normalized spacial score (nSPS) is 14.7. The molecule has 0 spiro atoms. The highest BCUT2D eigenvalue weighted by molar-refractivity contribution is 6.32. The lowest BCUT2D eigenvalue weighted by atomic mass is 10.2. The molecule has 168 valence electrons. The Kier molecular flexibility index (Phi) is 6.24. The number of aromatic amines is 1. The fraction of sp³-hybridized carbons (Fsp3) is 0.381. The fourth-order valence-electron chi connectivity index (χ4n) is 3.87. The predicted octanol–water partition coefficient (Wildman–Crippen LogP) is 0.835.